The average Bonchev–Trinajstić information content (AvgIpc) is 3.37. The summed E-state index contributed by atoms with van der Waals surface area (Å²) in [4.78, 5) is 12.1. The van der Waals surface area contributed by atoms with Crippen molar-refractivity contribution in [2.45, 2.75) is 38.3 Å². The van der Waals surface area contributed by atoms with Gasteiger partial charge in [0.05, 0.1) is 24.2 Å². The van der Waals surface area contributed by atoms with Crippen LogP contribution in [-0.2, 0) is 4.79 Å². The predicted octanol–water partition coefficient (Wildman–Crippen LogP) is 2.92. The number of hydrogen-bond acceptors (Lipinski definition) is 4. The van der Waals surface area contributed by atoms with Crippen LogP contribution in [0.15, 0.2) is 22.7 Å². The third-order valence-corrected chi connectivity index (χ3v) is 4.89. The van der Waals surface area contributed by atoms with Gasteiger partial charge in [-0.05, 0) is 66.2 Å². The zero-order chi connectivity index (χ0) is 17.0. The van der Waals surface area contributed by atoms with Crippen LogP contribution in [0.25, 0.3) is 0 Å². The van der Waals surface area contributed by atoms with Gasteiger partial charge in [0, 0.05) is 6.04 Å². The highest BCUT2D eigenvalue weighted by Gasteiger charge is 2.42. The number of nitriles is 1. The van der Waals surface area contributed by atoms with Crippen LogP contribution in [0.2, 0.25) is 0 Å². The molecule has 0 spiro atoms. The smallest absolute Gasteiger partial charge is 0.235 e. The van der Waals surface area contributed by atoms with Gasteiger partial charge in [0.2, 0.25) is 5.91 Å². The number of carbonyl (C=O) groups is 1. The number of nitrogens with zero attached hydrogens (tertiary/aromatic N) is 1. The topological polar surface area (TPSA) is 74.2 Å². The van der Waals surface area contributed by atoms with Crippen LogP contribution in [-0.4, -0.2) is 25.1 Å². The van der Waals surface area contributed by atoms with Gasteiger partial charge in [-0.2, -0.15) is 5.26 Å². The molecule has 0 aliphatic heterocycles. The van der Waals surface area contributed by atoms with Gasteiger partial charge in [-0.1, -0.05) is 6.07 Å². The molecule has 0 aromatic heterocycles. The molecule has 0 heterocycles. The highest BCUT2D eigenvalue weighted by atomic mass is 79.9. The van der Waals surface area contributed by atoms with E-state index in [0.717, 1.165) is 28.6 Å². The lowest BCUT2D eigenvalue weighted by molar-refractivity contribution is -0.121. The maximum atomic E-state index is 12.1. The second-order valence-corrected chi connectivity index (χ2v) is 6.99. The largest absolute Gasteiger partial charge is 0.496 e. The van der Waals surface area contributed by atoms with E-state index in [4.69, 9.17) is 4.74 Å². The molecule has 6 heteroatoms. The standard InChI is InChI=1S/C17H22BrN3O2/c1-11(12-4-7-15(23-3)14(18)8-12)20-9-16(22)21-17(2,10-19)13-5-6-13/h4,7-8,11,13,20H,5-6,9H2,1-3H3,(H,21,22)/t11-,17+/m1/s1. The number of nitrogens with one attached hydrogen (secondary N) is 2. The first-order chi connectivity index (χ1) is 10.9. The van der Waals surface area contributed by atoms with Crippen molar-refractivity contribution in [1.29, 1.82) is 5.26 Å². The van der Waals surface area contributed by atoms with Gasteiger partial charge in [0.1, 0.15) is 11.3 Å². The number of rotatable bonds is 7. The van der Waals surface area contributed by atoms with E-state index in [2.05, 4.69) is 32.6 Å². The van der Waals surface area contributed by atoms with Crippen molar-refractivity contribution in [3.8, 4) is 11.8 Å². The molecule has 0 saturated heterocycles. The number of hydrogen-bond donors (Lipinski definition) is 2. The molecule has 1 amide bonds. The molecule has 23 heavy (non-hydrogen) atoms. The van der Waals surface area contributed by atoms with Crippen molar-refractivity contribution in [2.75, 3.05) is 13.7 Å². The minimum atomic E-state index is -0.745. The van der Waals surface area contributed by atoms with Crippen molar-refractivity contribution in [1.82, 2.24) is 10.6 Å². The molecule has 124 valence electrons. The molecule has 2 atom stereocenters. The molecule has 1 aliphatic carbocycles. The van der Waals surface area contributed by atoms with Crippen molar-refractivity contribution < 1.29 is 9.53 Å². The lowest BCUT2D eigenvalue weighted by Gasteiger charge is -2.23. The van der Waals surface area contributed by atoms with Crippen LogP contribution in [0.4, 0.5) is 0 Å². The summed E-state index contributed by atoms with van der Waals surface area (Å²) in [6, 6.07) is 8.06. The van der Waals surface area contributed by atoms with E-state index in [1.165, 1.54) is 0 Å². The minimum absolute atomic E-state index is 0.0113. The third-order valence-electron chi connectivity index (χ3n) is 4.27. The Morgan fingerprint density at radius 2 is 2.26 bits per heavy atom. The van der Waals surface area contributed by atoms with Gasteiger partial charge < -0.3 is 15.4 Å². The van der Waals surface area contributed by atoms with Crippen LogP contribution >= 0.6 is 15.9 Å². The fourth-order valence-corrected chi connectivity index (χ4v) is 3.09. The minimum Gasteiger partial charge on any atom is -0.496 e. The third kappa shape index (κ3) is 4.46. The molecular formula is C17H22BrN3O2. The Hall–Kier alpha value is -1.58. The van der Waals surface area contributed by atoms with E-state index < -0.39 is 5.54 Å². The number of ether oxygens (including phenoxy) is 1. The summed E-state index contributed by atoms with van der Waals surface area (Å²) in [6.07, 6.45) is 2.02. The van der Waals surface area contributed by atoms with Gasteiger partial charge in [0.15, 0.2) is 0 Å². The second kappa shape index (κ2) is 7.33. The lowest BCUT2D eigenvalue weighted by atomic mass is 9.98. The Kier molecular flexibility index (Phi) is 5.66. The molecule has 1 saturated carbocycles. The van der Waals surface area contributed by atoms with E-state index >= 15 is 0 Å². The maximum absolute atomic E-state index is 12.1. The van der Waals surface area contributed by atoms with E-state index in [9.17, 15) is 10.1 Å². The first-order valence-electron chi connectivity index (χ1n) is 7.68. The Bertz CT molecular complexity index is 625. The lowest BCUT2D eigenvalue weighted by Crippen LogP contribution is -2.49. The molecule has 5 nitrogen and oxygen atoms in total. The first-order valence-corrected chi connectivity index (χ1v) is 8.48. The van der Waals surface area contributed by atoms with Gasteiger partial charge in [0.25, 0.3) is 0 Å². The average molecular weight is 380 g/mol. The maximum Gasteiger partial charge on any atom is 0.235 e. The van der Waals surface area contributed by atoms with E-state index in [0.29, 0.717) is 0 Å². The summed E-state index contributed by atoms with van der Waals surface area (Å²) in [5.41, 5.74) is 0.307. The number of benzene rings is 1. The molecular weight excluding hydrogens is 358 g/mol. The first kappa shape index (κ1) is 17.8. The van der Waals surface area contributed by atoms with Crippen LogP contribution in [0.3, 0.4) is 0 Å². The fraction of sp³-hybridized carbons (Fsp3) is 0.529. The number of methoxy groups -OCH3 is 1. The van der Waals surface area contributed by atoms with E-state index in [1.54, 1.807) is 14.0 Å². The molecule has 0 radical (unpaired) electrons. The van der Waals surface area contributed by atoms with Crippen molar-refractivity contribution in [2.24, 2.45) is 5.92 Å². The van der Waals surface area contributed by atoms with Gasteiger partial charge in [-0.15, -0.1) is 0 Å². The zero-order valence-corrected chi connectivity index (χ0v) is 15.2. The van der Waals surface area contributed by atoms with Crippen molar-refractivity contribution in [3.05, 3.63) is 28.2 Å². The summed E-state index contributed by atoms with van der Waals surface area (Å²) in [7, 11) is 1.62. The predicted molar refractivity (Wildman–Crippen MR) is 92.0 cm³/mol. The monoisotopic (exact) mass is 379 g/mol. The summed E-state index contributed by atoms with van der Waals surface area (Å²) >= 11 is 3.46. The molecule has 1 aromatic carbocycles. The summed E-state index contributed by atoms with van der Waals surface area (Å²) in [5, 5.41) is 15.3. The van der Waals surface area contributed by atoms with Crippen LogP contribution in [0.5, 0.6) is 5.75 Å². The Morgan fingerprint density at radius 1 is 1.57 bits per heavy atom. The molecule has 1 aliphatic rings. The molecule has 1 fully saturated rings. The Morgan fingerprint density at radius 3 is 2.78 bits per heavy atom. The van der Waals surface area contributed by atoms with Crippen molar-refractivity contribution in [3.63, 3.8) is 0 Å². The second-order valence-electron chi connectivity index (χ2n) is 6.13. The summed E-state index contributed by atoms with van der Waals surface area (Å²) < 4.78 is 6.09. The van der Waals surface area contributed by atoms with Gasteiger partial charge in [-0.3, -0.25) is 4.79 Å². The number of halogens is 1. The van der Waals surface area contributed by atoms with Gasteiger partial charge >= 0.3 is 0 Å². The highest BCUT2D eigenvalue weighted by molar-refractivity contribution is 9.10. The summed E-state index contributed by atoms with van der Waals surface area (Å²) in [6.45, 7) is 3.97. The van der Waals surface area contributed by atoms with E-state index in [-0.39, 0.29) is 24.4 Å². The Labute approximate surface area is 145 Å². The number of carbonyl (C=O) groups excluding carboxylic acids is 1. The summed E-state index contributed by atoms with van der Waals surface area (Å²) in [5.74, 6) is 0.903. The van der Waals surface area contributed by atoms with Crippen LogP contribution in [0, 0.1) is 17.2 Å². The molecule has 0 unspecified atom stereocenters. The van der Waals surface area contributed by atoms with Crippen LogP contribution in [0.1, 0.15) is 38.3 Å². The SMILES string of the molecule is COc1ccc([C@@H](C)NCC(=O)N[C@@](C)(C#N)C2CC2)cc1Br. The quantitative estimate of drug-likeness (QED) is 0.763. The van der Waals surface area contributed by atoms with Crippen LogP contribution < -0.4 is 15.4 Å². The fourth-order valence-electron chi connectivity index (χ4n) is 2.53. The zero-order valence-electron chi connectivity index (χ0n) is 13.6. The highest BCUT2D eigenvalue weighted by Crippen LogP contribution is 2.39. The number of amides is 1. The Balaban J connectivity index is 1.88. The van der Waals surface area contributed by atoms with Gasteiger partial charge in [-0.25, -0.2) is 0 Å². The normalized spacial score (nSPS) is 17.7. The molecule has 0 bridgehead atoms. The molecule has 2 N–H and O–H groups in total. The molecule has 1 aromatic rings. The van der Waals surface area contributed by atoms with E-state index in [1.807, 2.05) is 25.1 Å². The molecule has 2 rings (SSSR count). The van der Waals surface area contributed by atoms with Crippen molar-refractivity contribution >= 4 is 21.8 Å².